The number of amides is 1. The number of hydrogen-bond donors (Lipinski definition) is 1. The van der Waals surface area contributed by atoms with Crippen LogP contribution in [0.4, 0.5) is 0 Å². The van der Waals surface area contributed by atoms with Crippen LogP contribution >= 0.6 is 23.2 Å². The zero-order valence-electron chi connectivity index (χ0n) is 16.6. The van der Waals surface area contributed by atoms with E-state index in [9.17, 15) is 4.79 Å². The summed E-state index contributed by atoms with van der Waals surface area (Å²) in [6.45, 7) is 6.67. The minimum Gasteiger partial charge on any atom is -0.349 e. The van der Waals surface area contributed by atoms with E-state index < -0.39 is 0 Å². The van der Waals surface area contributed by atoms with Crippen molar-refractivity contribution in [2.24, 2.45) is 5.92 Å². The summed E-state index contributed by atoms with van der Waals surface area (Å²) in [6, 6.07) is 14.1. The van der Waals surface area contributed by atoms with Crippen molar-refractivity contribution < 1.29 is 4.79 Å². The van der Waals surface area contributed by atoms with E-state index in [1.807, 2.05) is 18.2 Å². The lowest BCUT2D eigenvalue weighted by atomic mass is 9.94. The maximum atomic E-state index is 12.8. The zero-order valence-corrected chi connectivity index (χ0v) is 18.1. The number of carbonyl (C=O) groups excluding carboxylic acids is 1. The van der Waals surface area contributed by atoms with E-state index in [0.717, 1.165) is 44.5 Å². The Hall–Kier alpha value is -1.55. The summed E-state index contributed by atoms with van der Waals surface area (Å²) in [7, 11) is 0. The molecule has 150 valence electrons. The Morgan fingerprint density at radius 1 is 1.11 bits per heavy atom. The maximum Gasteiger partial charge on any atom is 0.223 e. The van der Waals surface area contributed by atoms with Crippen LogP contribution < -0.4 is 5.32 Å². The van der Waals surface area contributed by atoms with Gasteiger partial charge in [-0.2, -0.15) is 0 Å². The second-order valence-electron chi connectivity index (χ2n) is 7.63. The number of benzene rings is 2. The molecule has 3 nitrogen and oxygen atoms in total. The number of carbonyl (C=O) groups is 1. The third-order valence-electron chi connectivity index (χ3n) is 5.61. The molecule has 5 heteroatoms. The van der Waals surface area contributed by atoms with Gasteiger partial charge in [-0.15, -0.1) is 0 Å². The summed E-state index contributed by atoms with van der Waals surface area (Å²) in [4.78, 5) is 15.1. The van der Waals surface area contributed by atoms with Crippen LogP contribution in [-0.4, -0.2) is 23.9 Å². The van der Waals surface area contributed by atoms with Gasteiger partial charge in [0.05, 0.1) is 6.04 Å². The molecular formula is C23H28Cl2N2O. The van der Waals surface area contributed by atoms with E-state index >= 15 is 0 Å². The average Bonchev–Trinajstić information content (AvgIpc) is 2.70. The van der Waals surface area contributed by atoms with E-state index in [4.69, 9.17) is 23.2 Å². The number of hydrogen-bond acceptors (Lipinski definition) is 2. The summed E-state index contributed by atoms with van der Waals surface area (Å²) in [5.74, 6) is 0.236. The van der Waals surface area contributed by atoms with Crippen LogP contribution in [0.3, 0.4) is 0 Å². The second kappa shape index (κ2) is 9.78. The molecule has 1 N–H and O–H groups in total. The maximum absolute atomic E-state index is 12.8. The first-order valence-corrected chi connectivity index (χ1v) is 10.8. The first-order valence-electron chi connectivity index (χ1n) is 10.00. The molecule has 2 aromatic carbocycles. The van der Waals surface area contributed by atoms with Gasteiger partial charge in [-0.05, 0) is 57.0 Å². The molecule has 1 saturated heterocycles. The Labute approximate surface area is 178 Å². The summed E-state index contributed by atoms with van der Waals surface area (Å²) in [5, 5.41) is 4.66. The van der Waals surface area contributed by atoms with Crippen LogP contribution in [0, 0.1) is 12.8 Å². The first-order chi connectivity index (χ1) is 13.5. The van der Waals surface area contributed by atoms with Gasteiger partial charge in [0, 0.05) is 28.1 Å². The number of nitrogens with zero attached hydrogens (tertiary/aromatic N) is 1. The van der Waals surface area contributed by atoms with Gasteiger partial charge in [0.1, 0.15) is 0 Å². The van der Waals surface area contributed by atoms with Crippen molar-refractivity contribution in [2.75, 3.05) is 13.1 Å². The van der Waals surface area contributed by atoms with Gasteiger partial charge in [-0.3, -0.25) is 9.69 Å². The Morgan fingerprint density at radius 2 is 1.71 bits per heavy atom. The van der Waals surface area contributed by atoms with Gasteiger partial charge >= 0.3 is 0 Å². The minimum atomic E-state index is 0.0671. The molecule has 1 heterocycles. The van der Waals surface area contributed by atoms with Crippen LogP contribution in [0.25, 0.3) is 0 Å². The second-order valence-corrected chi connectivity index (χ2v) is 8.45. The topological polar surface area (TPSA) is 32.3 Å². The predicted molar refractivity (Wildman–Crippen MR) is 117 cm³/mol. The zero-order chi connectivity index (χ0) is 20.1. The van der Waals surface area contributed by atoms with Gasteiger partial charge in [-0.25, -0.2) is 0 Å². The Kier molecular flexibility index (Phi) is 7.39. The standard InChI is InChI=1S/C23H28Cl2N2O/c1-3-22(17-9-7-16(2)8-10-17)26-23(28)18-11-13-27(14-12-18)15-19-20(24)5-4-6-21(19)25/h4-10,18,22H,3,11-15H2,1-2H3,(H,26,28)/t22-/m1/s1. The summed E-state index contributed by atoms with van der Waals surface area (Å²) in [5.41, 5.74) is 3.38. The molecule has 0 spiro atoms. The average molecular weight is 419 g/mol. The first kappa shape index (κ1) is 21.2. The number of aryl methyl sites for hydroxylation is 1. The number of halogens is 2. The van der Waals surface area contributed by atoms with Crippen LogP contribution in [0.5, 0.6) is 0 Å². The predicted octanol–water partition coefficient (Wildman–Crippen LogP) is 5.78. The van der Waals surface area contributed by atoms with Crippen molar-refractivity contribution in [3.05, 3.63) is 69.2 Å². The molecular weight excluding hydrogens is 391 g/mol. The van der Waals surface area contributed by atoms with Crippen molar-refractivity contribution >= 4 is 29.1 Å². The Balaban J connectivity index is 1.54. The van der Waals surface area contributed by atoms with Gasteiger partial charge in [0.15, 0.2) is 0 Å². The van der Waals surface area contributed by atoms with E-state index in [-0.39, 0.29) is 17.9 Å². The molecule has 1 atom stereocenters. The van der Waals surface area contributed by atoms with Crippen molar-refractivity contribution in [3.63, 3.8) is 0 Å². The molecule has 1 amide bonds. The van der Waals surface area contributed by atoms with Crippen molar-refractivity contribution in [1.29, 1.82) is 0 Å². The lowest BCUT2D eigenvalue weighted by Gasteiger charge is -2.32. The highest BCUT2D eigenvalue weighted by atomic mass is 35.5. The van der Waals surface area contributed by atoms with Crippen LogP contribution in [0.1, 0.15) is 48.9 Å². The largest absolute Gasteiger partial charge is 0.349 e. The molecule has 0 radical (unpaired) electrons. The normalized spacial score (nSPS) is 16.7. The van der Waals surface area contributed by atoms with E-state index in [2.05, 4.69) is 48.3 Å². The van der Waals surface area contributed by atoms with Gasteiger partial charge in [-0.1, -0.05) is 66.0 Å². The monoisotopic (exact) mass is 418 g/mol. The highest BCUT2D eigenvalue weighted by Crippen LogP contribution is 2.28. The molecule has 0 saturated carbocycles. The SMILES string of the molecule is CC[C@@H](NC(=O)C1CCN(Cc2c(Cl)cccc2Cl)CC1)c1ccc(C)cc1. The molecule has 1 aliphatic heterocycles. The molecule has 3 rings (SSSR count). The van der Waals surface area contributed by atoms with Gasteiger partial charge < -0.3 is 5.32 Å². The third kappa shape index (κ3) is 5.28. The quantitative estimate of drug-likeness (QED) is 0.644. The fourth-order valence-electron chi connectivity index (χ4n) is 3.77. The summed E-state index contributed by atoms with van der Waals surface area (Å²) < 4.78 is 0. The third-order valence-corrected chi connectivity index (χ3v) is 6.31. The van der Waals surface area contributed by atoms with Crippen LogP contribution in [-0.2, 0) is 11.3 Å². The smallest absolute Gasteiger partial charge is 0.223 e. The van der Waals surface area contributed by atoms with Crippen LogP contribution in [0.15, 0.2) is 42.5 Å². The molecule has 28 heavy (non-hydrogen) atoms. The lowest BCUT2D eigenvalue weighted by Crippen LogP contribution is -2.41. The molecule has 1 fully saturated rings. The molecule has 0 aliphatic carbocycles. The number of piperidine rings is 1. The Morgan fingerprint density at radius 3 is 2.29 bits per heavy atom. The van der Waals surface area contributed by atoms with E-state index in [1.54, 1.807) is 0 Å². The number of likely N-dealkylation sites (tertiary alicyclic amines) is 1. The molecule has 2 aromatic rings. The van der Waals surface area contributed by atoms with Gasteiger partial charge in [0.2, 0.25) is 5.91 Å². The fourth-order valence-corrected chi connectivity index (χ4v) is 4.29. The van der Waals surface area contributed by atoms with Crippen molar-refractivity contribution in [1.82, 2.24) is 10.2 Å². The number of rotatable bonds is 6. The van der Waals surface area contributed by atoms with Crippen molar-refractivity contribution in [3.8, 4) is 0 Å². The minimum absolute atomic E-state index is 0.0671. The molecule has 0 unspecified atom stereocenters. The highest BCUT2D eigenvalue weighted by molar-refractivity contribution is 6.35. The van der Waals surface area contributed by atoms with Crippen LogP contribution in [0.2, 0.25) is 10.0 Å². The van der Waals surface area contributed by atoms with Crippen molar-refractivity contribution in [2.45, 2.75) is 45.7 Å². The van der Waals surface area contributed by atoms with Gasteiger partial charge in [0.25, 0.3) is 0 Å². The number of nitrogens with one attached hydrogen (secondary N) is 1. The van der Waals surface area contributed by atoms with E-state index in [1.165, 1.54) is 11.1 Å². The molecule has 0 aromatic heterocycles. The lowest BCUT2D eigenvalue weighted by molar-refractivity contribution is -0.127. The summed E-state index contributed by atoms with van der Waals surface area (Å²) in [6.07, 6.45) is 2.61. The highest BCUT2D eigenvalue weighted by Gasteiger charge is 2.27. The Bertz CT molecular complexity index is 778. The van der Waals surface area contributed by atoms with E-state index in [0.29, 0.717) is 10.0 Å². The fraction of sp³-hybridized carbons (Fsp3) is 0.435. The molecule has 1 aliphatic rings. The molecule has 0 bridgehead atoms. The summed E-state index contributed by atoms with van der Waals surface area (Å²) >= 11 is 12.6.